The molecular formula is C24H26N2O2. The summed E-state index contributed by atoms with van der Waals surface area (Å²) in [7, 11) is 0. The molecule has 144 valence electrons. The normalized spacial score (nSPS) is 14.8. The zero-order chi connectivity index (χ0) is 19.3. The fourth-order valence-electron chi connectivity index (χ4n) is 3.68. The Hall–Kier alpha value is -3.01. The minimum atomic E-state index is -0.528. The first-order valence-corrected chi connectivity index (χ1v) is 10.0. The highest BCUT2D eigenvalue weighted by atomic mass is 16.5. The molecule has 28 heavy (non-hydrogen) atoms. The SMILES string of the molecule is CCC(Oc1ccc2ccccc2c1)C(=O)Nc1ccc(N2CCCC2)cc1. The van der Waals surface area contributed by atoms with E-state index in [0.29, 0.717) is 12.2 Å². The van der Waals surface area contributed by atoms with Crippen LogP contribution in [0.4, 0.5) is 11.4 Å². The summed E-state index contributed by atoms with van der Waals surface area (Å²) in [5, 5.41) is 5.25. The molecule has 1 N–H and O–H groups in total. The summed E-state index contributed by atoms with van der Waals surface area (Å²) in [6, 6.07) is 22.1. The van der Waals surface area contributed by atoms with Crippen LogP contribution in [0.25, 0.3) is 10.8 Å². The standard InChI is InChI=1S/C24H26N2O2/c1-2-23(28-22-14-9-18-7-3-4-8-19(18)17-22)24(27)25-20-10-12-21(13-11-20)26-15-5-6-16-26/h3-4,7-14,17,23H,2,5-6,15-16H2,1H3,(H,25,27). The highest BCUT2D eigenvalue weighted by molar-refractivity contribution is 5.94. The van der Waals surface area contributed by atoms with Crippen molar-refractivity contribution in [1.82, 2.24) is 0 Å². The third-order valence-corrected chi connectivity index (χ3v) is 5.27. The van der Waals surface area contributed by atoms with Gasteiger partial charge in [0.25, 0.3) is 5.91 Å². The van der Waals surface area contributed by atoms with Gasteiger partial charge in [0.1, 0.15) is 5.75 Å². The number of nitrogens with one attached hydrogen (secondary N) is 1. The summed E-state index contributed by atoms with van der Waals surface area (Å²) in [6.07, 6.45) is 2.58. The molecule has 3 aromatic rings. The Kier molecular flexibility index (Phi) is 5.47. The van der Waals surface area contributed by atoms with Gasteiger partial charge < -0.3 is 15.0 Å². The third kappa shape index (κ3) is 4.11. The maximum Gasteiger partial charge on any atom is 0.265 e. The predicted octanol–water partition coefficient (Wildman–Crippen LogP) is 5.24. The van der Waals surface area contributed by atoms with Gasteiger partial charge in [-0.3, -0.25) is 4.79 Å². The minimum Gasteiger partial charge on any atom is -0.481 e. The minimum absolute atomic E-state index is 0.121. The van der Waals surface area contributed by atoms with Crippen LogP contribution in [0.3, 0.4) is 0 Å². The first-order valence-electron chi connectivity index (χ1n) is 10.0. The van der Waals surface area contributed by atoms with Gasteiger partial charge in [-0.25, -0.2) is 0 Å². The Balaban J connectivity index is 1.41. The average molecular weight is 374 g/mol. The fourth-order valence-corrected chi connectivity index (χ4v) is 3.68. The fraction of sp³-hybridized carbons (Fsp3) is 0.292. The number of carbonyl (C=O) groups excluding carboxylic acids is 1. The molecule has 0 radical (unpaired) electrons. The lowest BCUT2D eigenvalue weighted by molar-refractivity contribution is -0.122. The van der Waals surface area contributed by atoms with E-state index in [1.165, 1.54) is 18.5 Å². The van der Waals surface area contributed by atoms with Crippen LogP contribution in [0.5, 0.6) is 5.75 Å². The molecule has 1 heterocycles. The van der Waals surface area contributed by atoms with Gasteiger partial charge in [-0.1, -0.05) is 37.3 Å². The molecule has 0 aliphatic carbocycles. The van der Waals surface area contributed by atoms with Crippen molar-refractivity contribution in [2.45, 2.75) is 32.3 Å². The number of amides is 1. The van der Waals surface area contributed by atoms with E-state index in [1.807, 2.05) is 55.5 Å². The van der Waals surface area contributed by atoms with E-state index in [-0.39, 0.29) is 5.91 Å². The van der Waals surface area contributed by atoms with Crippen LogP contribution in [-0.2, 0) is 4.79 Å². The van der Waals surface area contributed by atoms with Crippen molar-refractivity contribution in [1.29, 1.82) is 0 Å². The topological polar surface area (TPSA) is 41.6 Å². The van der Waals surface area contributed by atoms with E-state index in [4.69, 9.17) is 4.74 Å². The zero-order valence-corrected chi connectivity index (χ0v) is 16.2. The second kappa shape index (κ2) is 8.34. The van der Waals surface area contributed by atoms with Crippen LogP contribution in [0.2, 0.25) is 0 Å². The Morgan fingerprint density at radius 3 is 2.43 bits per heavy atom. The molecule has 4 heteroatoms. The van der Waals surface area contributed by atoms with Crippen molar-refractivity contribution in [2.24, 2.45) is 0 Å². The molecule has 1 saturated heterocycles. The van der Waals surface area contributed by atoms with E-state index in [2.05, 4.69) is 28.4 Å². The van der Waals surface area contributed by atoms with Gasteiger partial charge in [-0.15, -0.1) is 0 Å². The van der Waals surface area contributed by atoms with E-state index < -0.39 is 6.10 Å². The molecule has 0 spiro atoms. The van der Waals surface area contributed by atoms with E-state index in [1.54, 1.807) is 0 Å². The quantitative estimate of drug-likeness (QED) is 0.642. The highest BCUT2D eigenvalue weighted by Gasteiger charge is 2.19. The van der Waals surface area contributed by atoms with Crippen molar-refractivity contribution in [2.75, 3.05) is 23.3 Å². The van der Waals surface area contributed by atoms with Crippen LogP contribution in [0.15, 0.2) is 66.7 Å². The number of rotatable bonds is 6. The molecule has 1 aliphatic rings. The Bertz CT molecular complexity index is 946. The van der Waals surface area contributed by atoms with Crippen LogP contribution >= 0.6 is 0 Å². The Morgan fingerprint density at radius 1 is 1.00 bits per heavy atom. The molecule has 1 fully saturated rings. The van der Waals surface area contributed by atoms with Gasteiger partial charge in [0, 0.05) is 24.5 Å². The lowest BCUT2D eigenvalue weighted by Crippen LogP contribution is -2.32. The van der Waals surface area contributed by atoms with E-state index >= 15 is 0 Å². The maximum atomic E-state index is 12.7. The molecule has 3 aromatic carbocycles. The predicted molar refractivity (Wildman–Crippen MR) is 115 cm³/mol. The van der Waals surface area contributed by atoms with Crippen molar-refractivity contribution in [3.63, 3.8) is 0 Å². The Morgan fingerprint density at radius 2 is 1.71 bits per heavy atom. The van der Waals surface area contributed by atoms with Crippen LogP contribution < -0.4 is 15.0 Å². The van der Waals surface area contributed by atoms with Crippen molar-refractivity contribution in [3.05, 3.63) is 66.7 Å². The molecule has 0 saturated carbocycles. The molecule has 1 aliphatic heterocycles. The second-order valence-electron chi connectivity index (χ2n) is 7.25. The number of ether oxygens (including phenoxy) is 1. The van der Waals surface area contributed by atoms with E-state index in [0.717, 1.165) is 29.5 Å². The van der Waals surface area contributed by atoms with Gasteiger partial charge in [-0.2, -0.15) is 0 Å². The molecule has 1 atom stereocenters. The van der Waals surface area contributed by atoms with Gasteiger partial charge in [-0.05, 0) is 66.4 Å². The van der Waals surface area contributed by atoms with Gasteiger partial charge in [0.05, 0.1) is 0 Å². The van der Waals surface area contributed by atoms with Gasteiger partial charge >= 0.3 is 0 Å². The second-order valence-corrected chi connectivity index (χ2v) is 7.25. The molecule has 0 bridgehead atoms. The number of benzene rings is 3. The van der Waals surface area contributed by atoms with E-state index in [9.17, 15) is 4.79 Å². The average Bonchev–Trinajstić information content (AvgIpc) is 3.27. The number of anilines is 2. The summed E-state index contributed by atoms with van der Waals surface area (Å²) in [5.74, 6) is 0.592. The summed E-state index contributed by atoms with van der Waals surface area (Å²) in [4.78, 5) is 15.1. The zero-order valence-electron chi connectivity index (χ0n) is 16.2. The Labute approximate surface area is 166 Å². The van der Waals surface area contributed by atoms with Crippen LogP contribution in [-0.4, -0.2) is 25.1 Å². The molecular weight excluding hydrogens is 348 g/mol. The maximum absolute atomic E-state index is 12.7. The molecule has 4 nitrogen and oxygen atoms in total. The number of fused-ring (bicyclic) bond motifs is 1. The summed E-state index contributed by atoms with van der Waals surface area (Å²) in [6.45, 7) is 4.19. The monoisotopic (exact) mass is 374 g/mol. The summed E-state index contributed by atoms with van der Waals surface area (Å²) in [5.41, 5.74) is 2.02. The molecule has 1 amide bonds. The number of hydrogen-bond acceptors (Lipinski definition) is 3. The lowest BCUT2D eigenvalue weighted by atomic mass is 10.1. The van der Waals surface area contributed by atoms with Gasteiger partial charge in [0.2, 0.25) is 0 Å². The molecule has 1 unspecified atom stereocenters. The summed E-state index contributed by atoms with van der Waals surface area (Å²) >= 11 is 0. The summed E-state index contributed by atoms with van der Waals surface area (Å²) < 4.78 is 5.99. The largest absolute Gasteiger partial charge is 0.481 e. The van der Waals surface area contributed by atoms with Crippen molar-refractivity contribution in [3.8, 4) is 5.75 Å². The smallest absolute Gasteiger partial charge is 0.265 e. The van der Waals surface area contributed by atoms with Crippen LogP contribution in [0, 0.1) is 0 Å². The van der Waals surface area contributed by atoms with Crippen LogP contribution in [0.1, 0.15) is 26.2 Å². The van der Waals surface area contributed by atoms with Gasteiger partial charge in [0.15, 0.2) is 6.10 Å². The number of nitrogens with zero attached hydrogens (tertiary/aromatic N) is 1. The number of hydrogen-bond donors (Lipinski definition) is 1. The molecule has 0 aromatic heterocycles. The van der Waals surface area contributed by atoms with Crippen molar-refractivity contribution >= 4 is 28.1 Å². The highest BCUT2D eigenvalue weighted by Crippen LogP contribution is 2.24. The van der Waals surface area contributed by atoms with Crippen molar-refractivity contribution < 1.29 is 9.53 Å². The third-order valence-electron chi connectivity index (χ3n) is 5.27. The first-order chi connectivity index (χ1) is 13.7. The molecule has 4 rings (SSSR count). The number of carbonyl (C=O) groups is 1. The lowest BCUT2D eigenvalue weighted by Gasteiger charge is -2.19. The first kappa shape index (κ1) is 18.4.